The van der Waals surface area contributed by atoms with E-state index in [9.17, 15) is 0 Å². The predicted molar refractivity (Wildman–Crippen MR) is 75.7 cm³/mol. The van der Waals surface area contributed by atoms with Gasteiger partial charge >= 0.3 is 0 Å². The summed E-state index contributed by atoms with van der Waals surface area (Å²) in [6.07, 6.45) is 2.84. The van der Waals surface area contributed by atoms with Crippen LogP contribution in [0.5, 0.6) is 0 Å². The zero-order valence-electron chi connectivity index (χ0n) is 11.3. The number of H-pyrrole nitrogens is 1. The van der Waals surface area contributed by atoms with Gasteiger partial charge in [-0.2, -0.15) is 0 Å². The SMILES string of the molecule is CNCCc1ncc(-c2ccc(C(C)C)cc2)[nH]1. The van der Waals surface area contributed by atoms with Gasteiger partial charge in [0, 0.05) is 13.0 Å². The van der Waals surface area contributed by atoms with Crippen LogP contribution in [0.25, 0.3) is 11.3 Å². The van der Waals surface area contributed by atoms with Crippen molar-refractivity contribution >= 4 is 0 Å². The highest BCUT2D eigenvalue weighted by molar-refractivity contribution is 5.58. The molecule has 1 aromatic carbocycles. The van der Waals surface area contributed by atoms with Gasteiger partial charge in [-0.25, -0.2) is 4.98 Å². The normalized spacial score (nSPS) is 11.1. The minimum Gasteiger partial charge on any atom is -0.342 e. The Balaban J connectivity index is 2.13. The molecule has 96 valence electrons. The predicted octanol–water partition coefficient (Wildman–Crippen LogP) is 2.96. The summed E-state index contributed by atoms with van der Waals surface area (Å²) in [7, 11) is 1.95. The van der Waals surface area contributed by atoms with Crippen molar-refractivity contribution in [3.05, 3.63) is 41.9 Å². The smallest absolute Gasteiger partial charge is 0.107 e. The third-order valence-corrected chi connectivity index (χ3v) is 3.13. The van der Waals surface area contributed by atoms with E-state index in [2.05, 4.69) is 53.4 Å². The Hall–Kier alpha value is -1.61. The minimum atomic E-state index is 0.576. The molecule has 0 saturated heterocycles. The van der Waals surface area contributed by atoms with Crippen molar-refractivity contribution in [3.8, 4) is 11.3 Å². The fourth-order valence-corrected chi connectivity index (χ4v) is 1.93. The monoisotopic (exact) mass is 243 g/mol. The first-order valence-electron chi connectivity index (χ1n) is 6.49. The number of benzene rings is 1. The van der Waals surface area contributed by atoms with Crippen LogP contribution in [-0.4, -0.2) is 23.6 Å². The van der Waals surface area contributed by atoms with Crippen LogP contribution in [0.2, 0.25) is 0 Å². The molecule has 0 spiro atoms. The lowest BCUT2D eigenvalue weighted by molar-refractivity contribution is 0.764. The molecule has 0 radical (unpaired) electrons. The summed E-state index contributed by atoms with van der Waals surface area (Å²) in [6.45, 7) is 5.36. The largest absolute Gasteiger partial charge is 0.342 e. The van der Waals surface area contributed by atoms with Crippen LogP contribution in [0.3, 0.4) is 0 Å². The van der Waals surface area contributed by atoms with Crippen molar-refractivity contribution in [1.82, 2.24) is 15.3 Å². The summed E-state index contributed by atoms with van der Waals surface area (Å²) < 4.78 is 0. The third-order valence-electron chi connectivity index (χ3n) is 3.13. The van der Waals surface area contributed by atoms with Crippen LogP contribution in [0.15, 0.2) is 30.5 Å². The second kappa shape index (κ2) is 5.83. The van der Waals surface area contributed by atoms with Gasteiger partial charge in [0.15, 0.2) is 0 Å². The molecule has 0 unspecified atom stereocenters. The van der Waals surface area contributed by atoms with E-state index in [0.29, 0.717) is 5.92 Å². The molecule has 0 bridgehead atoms. The maximum Gasteiger partial charge on any atom is 0.107 e. The van der Waals surface area contributed by atoms with Gasteiger partial charge in [0.1, 0.15) is 5.82 Å². The number of nitrogens with one attached hydrogen (secondary N) is 2. The number of aromatic nitrogens is 2. The molecule has 0 atom stereocenters. The van der Waals surface area contributed by atoms with E-state index in [-0.39, 0.29) is 0 Å². The Bertz CT molecular complexity index is 483. The first-order valence-corrected chi connectivity index (χ1v) is 6.49. The van der Waals surface area contributed by atoms with Crippen molar-refractivity contribution in [2.24, 2.45) is 0 Å². The third kappa shape index (κ3) is 2.99. The molecule has 0 fully saturated rings. The molecule has 2 aromatic rings. The average molecular weight is 243 g/mol. The fourth-order valence-electron chi connectivity index (χ4n) is 1.93. The van der Waals surface area contributed by atoms with Crippen LogP contribution in [0.4, 0.5) is 0 Å². The van der Waals surface area contributed by atoms with E-state index >= 15 is 0 Å². The molecular weight excluding hydrogens is 222 g/mol. The highest BCUT2D eigenvalue weighted by Gasteiger charge is 2.04. The summed E-state index contributed by atoms with van der Waals surface area (Å²) in [4.78, 5) is 7.75. The molecule has 1 heterocycles. The molecule has 3 heteroatoms. The van der Waals surface area contributed by atoms with Gasteiger partial charge < -0.3 is 10.3 Å². The van der Waals surface area contributed by atoms with Crippen LogP contribution < -0.4 is 5.32 Å². The molecule has 0 saturated carbocycles. The molecule has 0 aliphatic rings. The first-order chi connectivity index (χ1) is 8.70. The Morgan fingerprint density at radius 2 is 1.94 bits per heavy atom. The van der Waals surface area contributed by atoms with Crippen molar-refractivity contribution in [2.75, 3.05) is 13.6 Å². The van der Waals surface area contributed by atoms with E-state index in [4.69, 9.17) is 0 Å². The van der Waals surface area contributed by atoms with E-state index in [0.717, 1.165) is 24.5 Å². The Morgan fingerprint density at radius 3 is 2.56 bits per heavy atom. The van der Waals surface area contributed by atoms with E-state index in [1.807, 2.05) is 13.2 Å². The summed E-state index contributed by atoms with van der Waals surface area (Å²) in [5, 5.41) is 3.13. The van der Waals surface area contributed by atoms with Gasteiger partial charge in [-0.1, -0.05) is 38.1 Å². The fraction of sp³-hybridized carbons (Fsp3) is 0.400. The highest BCUT2D eigenvalue weighted by Crippen LogP contribution is 2.21. The van der Waals surface area contributed by atoms with Gasteiger partial charge in [-0.3, -0.25) is 0 Å². The van der Waals surface area contributed by atoms with Crippen LogP contribution >= 0.6 is 0 Å². The van der Waals surface area contributed by atoms with Crippen LogP contribution in [0, 0.1) is 0 Å². The second-order valence-electron chi connectivity index (χ2n) is 4.87. The Labute approximate surface area is 109 Å². The summed E-state index contributed by atoms with van der Waals surface area (Å²) >= 11 is 0. The topological polar surface area (TPSA) is 40.7 Å². The number of nitrogens with zero attached hydrogens (tertiary/aromatic N) is 1. The van der Waals surface area contributed by atoms with E-state index < -0.39 is 0 Å². The van der Waals surface area contributed by atoms with Gasteiger partial charge in [-0.15, -0.1) is 0 Å². The molecule has 3 nitrogen and oxygen atoms in total. The van der Waals surface area contributed by atoms with Crippen molar-refractivity contribution in [2.45, 2.75) is 26.2 Å². The maximum atomic E-state index is 4.39. The first kappa shape index (κ1) is 12.8. The molecular formula is C15H21N3. The van der Waals surface area contributed by atoms with Crippen LogP contribution in [-0.2, 0) is 6.42 Å². The number of imidazole rings is 1. The lowest BCUT2D eigenvalue weighted by Crippen LogP contribution is -2.10. The average Bonchev–Trinajstić information content (AvgIpc) is 2.85. The number of hydrogen-bond acceptors (Lipinski definition) is 2. The van der Waals surface area contributed by atoms with Crippen LogP contribution in [0.1, 0.15) is 31.2 Å². The second-order valence-corrected chi connectivity index (χ2v) is 4.87. The zero-order chi connectivity index (χ0) is 13.0. The van der Waals surface area contributed by atoms with Crippen molar-refractivity contribution in [1.29, 1.82) is 0 Å². The number of hydrogen-bond donors (Lipinski definition) is 2. The zero-order valence-corrected chi connectivity index (χ0v) is 11.3. The van der Waals surface area contributed by atoms with E-state index in [1.54, 1.807) is 0 Å². The number of likely N-dealkylation sites (N-methyl/N-ethyl adjacent to an activating group) is 1. The van der Waals surface area contributed by atoms with E-state index in [1.165, 1.54) is 11.1 Å². The summed E-state index contributed by atoms with van der Waals surface area (Å²) in [5.74, 6) is 1.61. The Kier molecular flexibility index (Phi) is 4.15. The lowest BCUT2D eigenvalue weighted by atomic mass is 10.0. The molecule has 0 amide bonds. The quantitative estimate of drug-likeness (QED) is 0.847. The standard InChI is InChI=1S/C15H21N3/c1-11(2)12-4-6-13(7-5-12)14-10-17-15(18-14)8-9-16-3/h4-7,10-11,16H,8-9H2,1-3H3,(H,17,18). The summed E-state index contributed by atoms with van der Waals surface area (Å²) in [6, 6.07) is 8.69. The van der Waals surface area contributed by atoms with Gasteiger partial charge in [0.25, 0.3) is 0 Å². The maximum absolute atomic E-state index is 4.39. The highest BCUT2D eigenvalue weighted by atomic mass is 14.9. The van der Waals surface area contributed by atoms with Crippen molar-refractivity contribution in [3.63, 3.8) is 0 Å². The van der Waals surface area contributed by atoms with Gasteiger partial charge in [0.05, 0.1) is 11.9 Å². The lowest BCUT2D eigenvalue weighted by Gasteiger charge is -2.05. The van der Waals surface area contributed by atoms with Gasteiger partial charge in [-0.05, 0) is 24.1 Å². The minimum absolute atomic E-state index is 0.576. The molecule has 1 aromatic heterocycles. The number of aromatic amines is 1. The summed E-state index contributed by atoms with van der Waals surface area (Å²) in [5.41, 5.74) is 3.66. The molecule has 2 N–H and O–H groups in total. The number of rotatable bonds is 5. The van der Waals surface area contributed by atoms with Crippen molar-refractivity contribution < 1.29 is 0 Å². The molecule has 0 aliphatic heterocycles. The van der Waals surface area contributed by atoms with Gasteiger partial charge in [0.2, 0.25) is 0 Å². The molecule has 2 rings (SSSR count). The molecule has 18 heavy (non-hydrogen) atoms. The molecule has 0 aliphatic carbocycles. The Morgan fingerprint density at radius 1 is 1.22 bits per heavy atom.